The van der Waals surface area contributed by atoms with Crippen molar-refractivity contribution >= 4 is 40.3 Å². The van der Waals surface area contributed by atoms with Gasteiger partial charge in [0.15, 0.2) is 0 Å². The van der Waals surface area contributed by atoms with Crippen LogP contribution in [0.1, 0.15) is 11.3 Å². The van der Waals surface area contributed by atoms with Crippen molar-refractivity contribution in [1.82, 2.24) is 4.90 Å². The predicted octanol–water partition coefficient (Wildman–Crippen LogP) is 5.46. The zero-order valence-corrected chi connectivity index (χ0v) is 18.5. The van der Waals surface area contributed by atoms with Gasteiger partial charge in [0.2, 0.25) is 5.96 Å². The SMILES string of the molecule is COc1ccc(-c2ccc(C=C3N=C(N)N(Cc4ccc5ccccc5c4)C3=O)o2)cc1Cl. The second-order valence-corrected chi connectivity index (χ2v) is 8.03. The number of halogens is 1. The van der Waals surface area contributed by atoms with Gasteiger partial charge in [-0.2, -0.15) is 0 Å². The van der Waals surface area contributed by atoms with Crippen LogP contribution in [0, 0.1) is 0 Å². The van der Waals surface area contributed by atoms with Gasteiger partial charge in [-0.05, 0) is 52.7 Å². The number of carbonyl (C=O) groups is 1. The number of fused-ring (bicyclic) bond motifs is 1. The van der Waals surface area contributed by atoms with Crippen molar-refractivity contribution < 1.29 is 13.9 Å². The summed E-state index contributed by atoms with van der Waals surface area (Å²) < 4.78 is 11.1. The average molecular weight is 458 g/mol. The van der Waals surface area contributed by atoms with E-state index in [1.165, 1.54) is 4.90 Å². The number of hydrogen-bond donors (Lipinski definition) is 1. The first-order valence-electron chi connectivity index (χ1n) is 10.3. The molecule has 2 heterocycles. The molecule has 3 aromatic carbocycles. The summed E-state index contributed by atoms with van der Waals surface area (Å²) in [6.45, 7) is 0.337. The Morgan fingerprint density at radius 3 is 2.67 bits per heavy atom. The fraction of sp³-hybridized carbons (Fsp3) is 0.0769. The molecule has 0 spiro atoms. The van der Waals surface area contributed by atoms with E-state index in [-0.39, 0.29) is 17.6 Å². The van der Waals surface area contributed by atoms with Crippen LogP contribution in [0.25, 0.3) is 28.2 Å². The van der Waals surface area contributed by atoms with E-state index in [4.69, 9.17) is 26.5 Å². The molecule has 0 atom stereocenters. The summed E-state index contributed by atoms with van der Waals surface area (Å²) in [5, 5.41) is 2.73. The van der Waals surface area contributed by atoms with Gasteiger partial charge < -0.3 is 14.9 Å². The van der Waals surface area contributed by atoms with E-state index in [0.29, 0.717) is 28.8 Å². The fourth-order valence-electron chi connectivity index (χ4n) is 3.78. The number of aliphatic imine (C=N–C) groups is 1. The Bertz CT molecular complexity index is 1440. The molecule has 0 fully saturated rings. The molecule has 2 N–H and O–H groups in total. The van der Waals surface area contributed by atoms with E-state index >= 15 is 0 Å². The van der Waals surface area contributed by atoms with Crippen molar-refractivity contribution in [3.63, 3.8) is 0 Å². The predicted molar refractivity (Wildman–Crippen MR) is 130 cm³/mol. The number of guanidine groups is 1. The molecule has 1 aliphatic rings. The first-order chi connectivity index (χ1) is 16.0. The first-order valence-corrected chi connectivity index (χ1v) is 10.7. The van der Waals surface area contributed by atoms with Gasteiger partial charge in [0.05, 0.1) is 18.7 Å². The van der Waals surface area contributed by atoms with Crippen LogP contribution in [0.15, 0.2) is 87.9 Å². The van der Waals surface area contributed by atoms with Crippen molar-refractivity contribution in [3.05, 3.63) is 94.8 Å². The number of carbonyl (C=O) groups excluding carboxylic acids is 1. The molecule has 1 aliphatic heterocycles. The number of nitrogens with zero attached hydrogens (tertiary/aromatic N) is 2. The smallest absolute Gasteiger partial charge is 0.279 e. The molecule has 0 bridgehead atoms. The van der Waals surface area contributed by atoms with Crippen LogP contribution in [0.5, 0.6) is 5.75 Å². The molecule has 1 amide bonds. The topological polar surface area (TPSA) is 81.1 Å². The van der Waals surface area contributed by atoms with Gasteiger partial charge in [0.1, 0.15) is 23.0 Å². The van der Waals surface area contributed by atoms with Gasteiger partial charge in [-0.15, -0.1) is 0 Å². The minimum absolute atomic E-state index is 0.160. The highest BCUT2D eigenvalue weighted by Gasteiger charge is 2.29. The summed E-state index contributed by atoms with van der Waals surface area (Å²) in [7, 11) is 1.56. The normalized spacial score (nSPS) is 14.8. The number of ether oxygens (including phenoxy) is 1. The van der Waals surface area contributed by atoms with Gasteiger partial charge in [-0.1, -0.05) is 48.0 Å². The molecule has 164 valence electrons. The lowest BCUT2D eigenvalue weighted by atomic mass is 10.1. The van der Waals surface area contributed by atoms with E-state index in [2.05, 4.69) is 11.1 Å². The quantitative estimate of drug-likeness (QED) is 0.403. The molecule has 0 saturated heterocycles. The van der Waals surface area contributed by atoms with Crippen LogP contribution in [0.2, 0.25) is 5.02 Å². The molecule has 0 saturated carbocycles. The van der Waals surface area contributed by atoms with Crippen LogP contribution in [-0.4, -0.2) is 23.9 Å². The third-order valence-electron chi connectivity index (χ3n) is 5.47. The zero-order valence-electron chi connectivity index (χ0n) is 17.8. The third kappa shape index (κ3) is 4.08. The molecular weight excluding hydrogens is 438 g/mol. The molecule has 33 heavy (non-hydrogen) atoms. The number of amides is 1. The van der Waals surface area contributed by atoms with Crippen LogP contribution in [-0.2, 0) is 11.3 Å². The van der Waals surface area contributed by atoms with Crippen LogP contribution in [0.3, 0.4) is 0 Å². The van der Waals surface area contributed by atoms with Gasteiger partial charge in [-0.3, -0.25) is 9.69 Å². The molecule has 4 aromatic rings. The van der Waals surface area contributed by atoms with E-state index < -0.39 is 0 Å². The summed E-state index contributed by atoms with van der Waals surface area (Å²) in [5.41, 5.74) is 8.06. The van der Waals surface area contributed by atoms with E-state index in [1.807, 2.05) is 48.5 Å². The fourth-order valence-corrected chi connectivity index (χ4v) is 4.04. The number of methoxy groups -OCH3 is 1. The Labute approximate surface area is 195 Å². The maximum absolute atomic E-state index is 13.0. The number of benzene rings is 3. The Morgan fingerprint density at radius 1 is 1.06 bits per heavy atom. The molecule has 0 aliphatic carbocycles. The molecule has 5 rings (SSSR count). The number of rotatable bonds is 5. The van der Waals surface area contributed by atoms with Crippen LogP contribution in [0.4, 0.5) is 0 Å². The molecule has 6 nitrogen and oxygen atoms in total. The Balaban J connectivity index is 1.36. The largest absolute Gasteiger partial charge is 0.495 e. The van der Waals surface area contributed by atoms with Gasteiger partial charge in [0, 0.05) is 11.6 Å². The van der Waals surface area contributed by atoms with Crippen LogP contribution >= 0.6 is 11.6 Å². The Morgan fingerprint density at radius 2 is 1.88 bits per heavy atom. The summed E-state index contributed by atoms with van der Waals surface area (Å²) in [6, 6.07) is 23.1. The summed E-state index contributed by atoms with van der Waals surface area (Å²) in [4.78, 5) is 18.7. The Hall–Kier alpha value is -4.03. The van der Waals surface area contributed by atoms with E-state index in [0.717, 1.165) is 21.9 Å². The molecule has 7 heteroatoms. The Kier molecular flexibility index (Phi) is 5.36. The van der Waals surface area contributed by atoms with Crippen LogP contribution < -0.4 is 10.5 Å². The minimum atomic E-state index is -0.272. The van der Waals surface area contributed by atoms with Gasteiger partial charge in [0.25, 0.3) is 5.91 Å². The molecule has 1 aromatic heterocycles. The van der Waals surface area contributed by atoms with Crippen molar-refractivity contribution in [2.45, 2.75) is 6.54 Å². The second-order valence-electron chi connectivity index (χ2n) is 7.62. The lowest BCUT2D eigenvalue weighted by Gasteiger charge is -2.15. The van der Waals surface area contributed by atoms with Crippen molar-refractivity contribution in [2.75, 3.05) is 7.11 Å². The van der Waals surface area contributed by atoms with E-state index in [1.54, 1.807) is 31.4 Å². The summed E-state index contributed by atoms with van der Waals surface area (Å²) in [6.07, 6.45) is 1.59. The summed E-state index contributed by atoms with van der Waals surface area (Å²) >= 11 is 6.21. The average Bonchev–Trinajstić information content (AvgIpc) is 3.39. The highest BCUT2D eigenvalue weighted by molar-refractivity contribution is 6.32. The highest BCUT2D eigenvalue weighted by Crippen LogP contribution is 2.32. The molecule has 0 unspecified atom stereocenters. The van der Waals surface area contributed by atoms with Gasteiger partial charge in [-0.25, -0.2) is 4.99 Å². The standard InChI is InChI=1S/C26H20ClN3O3/c1-32-24-10-8-19(13-21(24)27)23-11-9-20(33-23)14-22-25(31)30(26(28)29-22)15-16-6-7-17-4-2-3-5-18(17)12-16/h2-14H,15H2,1H3,(H2,28,29). The van der Waals surface area contributed by atoms with Crippen molar-refractivity contribution in [2.24, 2.45) is 10.7 Å². The number of nitrogens with two attached hydrogens (primary N) is 1. The first kappa shape index (κ1) is 20.8. The maximum atomic E-state index is 13.0. The maximum Gasteiger partial charge on any atom is 0.279 e. The molecular formula is C26H20ClN3O3. The highest BCUT2D eigenvalue weighted by atomic mass is 35.5. The van der Waals surface area contributed by atoms with Gasteiger partial charge >= 0.3 is 0 Å². The number of hydrogen-bond acceptors (Lipinski definition) is 5. The van der Waals surface area contributed by atoms with Crippen molar-refractivity contribution in [3.8, 4) is 17.1 Å². The monoisotopic (exact) mass is 457 g/mol. The third-order valence-corrected chi connectivity index (χ3v) is 5.77. The van der Waals surface area contributed by atoms with E-state index in [9.17, 15) is 4.79 Å². The zero-order chi connectivity index (χ0) is 22.9. The minimum Gasteiger partial charge on any atom is -0.495 e. The lowest BCUT2D eigenvalue weighted by molar-refractivity contribution is -0.123. The second kappa shape index (κ2) is 8.48. The summed E-state index contributed by atoms with van der Waals surface area (Å²) in [5.74, 6) is 1.58. The number of furan rings is 1. The lowest BCUT2D eigenvalue weighted by Crippen LogP contribution is -2.36. The molecule has 0 radical (unpaired) electrons. The van der Waals surface area contributed by atoms with Crippen molar-refractivity contribution in [1.29, 1.82) is 0 Å².